The fourth-order valence-electron chi connectivity index (χ4n) is 2.37. The summed E-state index contributed by atoms with van der Waals surface area (Å²) >= 11 is 0. The van der Waals surface area contributed by atoms with Gasteiger partial charge in [0, 0.05) is 24.3 Å². The Morgan fingerprint density at radius 2 is 2.17 bits per heavy atom. The van der Waals surface area contributed by atoms with E-state index < -0.39 is 0 Å². The number of hydrogen-bond donors (Lipinski definition) is 1. The highest BCUT2D eigenvalue weighted by Crippen LogP contribution is 2.21. The Hall–Kier alpha value is -1.60. The predicted octanol–water partition coefficient (Wildman–Crippen LogP) is 2.30. The van der Waals surface area contributed by atoms with Crippen LogP contribution in [0.3, 0.4) is 0 Å². The summed E-state index contributed by atoms with van der Waals surface area (Å²) in [6.07, 6.45) is 1.53. The van der Waals surface area contributed by atoms with Crippen LogP contribution in [-0.2, 0) is 0 Å². The lowest BCUT2D eigenvalue weighted by atomic mass is 10.1. The minimum atomic E-state index is -0.215. The van der Waals surface area contributed by atoms with Gasteiger partial charge in [-0.25, -0.2) is 4.39 Å². The van der Waals surface area contributed by atoms with E-state index in [1.807, 2.05) is 0 Å². The first-order valence-corrected chi connectivity index (χ1v) is 6.33. The number of hydrogen-bond acceptors (Lipinski definition) is 3. The molecule has 2 atom stereocenters. The largest absolute Gasteiger partial charge is 0.367 e. The van der Waals surface area contributed by atoms with Crippen LogP contribution in [0.25, 0.3) is 0 Å². The number of anilines is 1. The minimum absolute atomic E-state index is 0.185. The summed E-state index contributed by atoms with van der Waals surface area (Å²) in [5.41, 5.74) is 1.02. The molecule has 0 amide bonds. The zero-order chi connectivity index (χ0) is 13.0. The molecule has 0 spiro atoms. The van der Waals surface area contributed by atoms with Crippen molar-refractivity contribution >= 4 is 5.69 Å². The van der Waals surface area contributed by atoms with Gasteiger partial charge in [0.2, 0.25) is 0 Å². The van der Waals surface area contributed by atoms with Gasteiger partial charge in [0.15, 0.2) is 0 Å². The van der Waals surface area contributed by atoms with E-state index in [0.717, 1.165) is 25.2 Å². The molecule has 0 radical (unpaired) electrons. The number of halogens is 1. The van der Waals surface area contributed by atoms with Crippen LogP contribution < -0.4 is 10.2 Å². The Balaban J connectivity index is 2.17. The topological polar surface area (TPSA) is 39.1 Å². The van der Waals surface area contributed by atoms with Crippen LogP contribution in [0.4, 0.5) is 10.1 Å². The molecule has 1 heterocycles. The lowest BCUT2D eigenvalue weighted by molar-refractivity contribution is 0.552. The molecular weight excluding hydrogens is 229 g/mol. The Bertz CT molecular complexity index is 424. The molecule has 1 N–H and O–H groups in total. The van der Waals surface area contributed by atoms with Crippen molar-refractivity contribution in [3.63, 3.8) is 0 Å². The van der Waals surface area contributed by atoms with Crippen molar-refractivity contribution < 1.29 is 4.39 Å². The molecular formula is C14H18FN3. The highest BCUT2D eigenvalue weighted by Gasteiger charge is 2.22. The Morgan fingerprint density at radius 1 is 1.44 bits per heavy atom. The van der Waals surface area contributed by atoms with Gasteiger partial charge in [0.05, 0.1) is 12.5 Å². The fraction of sp³-hybridized carbons (Fsp3) is 0.500. The highest BCUT2D eigenvalue weighted by atomic mass is 19.1. The molecule has 2 unspecified atom stereocenters. The molecule has 0 saturated carbocycles. The average molecular weight is 247 g/mol. The molecule has 0 bridgehead atoms. The SMILES string of the molecule is CC1CCNC(CC#N)CN1c1ccc(F)cc1. The van der Waals surface area contributed by atoms with Crippen LogP contribution in [0.5, 0.6) is 0 Å². The first kappa shape index (κ1) is 12.8. The molecule has 0 aliphatic carbocycles. The van der Waals surface area contributed by atoms with Crippen LogP contribution in [0.1, 0.15) is 19.8 Å². The van der Waals surface area contributed by atoms with Crippen molar-refractivity contribution in [3.05, 3.63) is 30.1 Å². The standard InChI is InChI=1S/C14H18FN3/c1-11-7-9-17-13(6-8-16)10-18(11)14-4-2-12(15)3-5-14/h2-5,11,13,17H,6-7,9-10H2,1H3. The number of benzene rings is 1. The monoisotopic (exact) mass is 247 g/mol. The number of nitriles is 1. The van der Waals surface area contributed by atoms with Gasteiger partial charge in [-0.2, -0.15) is 5.26 Å². The smallest absolute Gasteiger partial charge is 0.123 e. The van der Waals surface area contributed by atoms with E-state index in [0.29, 0.717) is 12.5 Å². The van der Waals surface area contributed by atoms with Crippen molar-refractivity contribution in [2.75, 3.05) is 18.0 Å². The number of rotatable bonds is 2. The molecule has 1 aromatic rings. The maximum atomic E-state index is 13.0. The fourth-order valence-corrected chi connectivity index (χ4v) is 2.37. The molecule has 1 aromatic carbocycles. The predicted molar refractivity (Wildman–Crippen MR) is 69.8 cm³/mol. The number of nitrogens with one attached hydrogen (secondary N) is 1. The zero-order valence-corrected chi connectivity index (χ0v) is 10.6. The van der Waals surface area contributed by atoms with Gasteiger partial charge in [-0.15, -0.1) is 0 Å². The zero-order valence-electron chi connectivity index (χ0n) is 10.6. The Labute approximate surface area is 107 Å². The van der Waals surface area contributed by atoms with E-state index in [2.05, 4.69) is 23.2 Å². The Morgan fingerprint density at radius 3 is 2.83 bits per heavy atom. The van der Waals surface area contributed by atoms with Crippen molar-refractivity contribution in [3.8, 4) is 6.07 Å². The third-order valence-corrected chi connectivity index (χ3v) is 3.44. The van der Waals surface area contributed by atoms with E-state index in [1.54, 1.807) is 12.1 Å². The summed E-state index contributed by atoms with van der Waals surface area (Å²) in [6, 6.07) is 9.38. The van der Waals surface area contributed by atoms with Crippen LogP contribution in [0, 0.1) is 17.1 Å². The summed E-state index contributed by atoms with van der Waals surface area (Å²) in [5, 5.41) is 12.2. The summed E-state index contributed by atoms with van der Waals surface area (Å²) in [7, 11) is 0. The molecule has 3 nitrogen and oxygen atoms in total. The molecule has 2 rings (SSSR count). The van der Waals surface area contributed by atoms with Gasteiger partial charge in [-0.1, -0.05) is 0 Å². The van der Waals surface area contributed by atoms with Crippen LogP contribution in [0.15, 0.2) is 24.3 Å². The van der Waals surface area contributed by atoms with Crippen molar-refractivity contribution in [2.45, 2.75) is 31.8 Å². The second-order valence-corrected chi connectivity index (χ2v) is 4.78. The maximum absolute atomic E-state index is 13.0. The second kappa shape index (κ2) is 5.83. The summed E-state index contributed by atoms with van der Waals surface area (Å²) < 4.78 is 13.0. The molecule has 1 aliphatic rings. The second-order valence-electron chi connectivity index (χ2n) is 4.78. The van der Waals surface area contributed by atoms with E-state index in [4.69, 9.17) is 5.26 Å². The molecule has 1 saturated heterocycles. The third kappa shape index (κ3) is 2.99. The van der Waals surface area contributed by atoms with Gasteiger partial charge in [-0.3, -0.25) is 0 Å². The lowest BCUT2D eigenvalue weighted by Crippen LogP contribution is -2.40. The molecule has 1 fully saturated rings. The molecule has 18 heavy (non-hydrogen) atoms. The summed E-state index contributed by atoms with van der Waals surface area (Å²) in [6.45, 7) is 3.88. The lowest BCUT2D eigenvalue weighted by Gasteiger charge is -2.31. The average Bonchev–Trinajstić information content (AvgIpc) is 2.53. The van der Waals surface area contributed by atoms with E-state index in [9.17, 15) is 4.39 Å². The normalized spacial score (nSPS) is 24.4. The third-order valence-electron chi connectivity index (χ3n) is 3.44. The highest BCUT2D eigenvalue weighted by molar-refractivity contribution is 5.47. The van der Waals surface area contributed by atoms with Crippen molar-refractivity contribution in [2.24, 2.45) is 0 Å². The van der Waals surface area contributed by atoms with Gasteiger partial charge >= 0.3 is 0 Å². The molecule has 1 aliphatic heterocycles. The van der Waals surface area contributed by atoms with Gasteiger partial charge in [0.25, 0.3) is 0 Å². The molecule has 0 aromatic heterocycles. The van der Waals surface area contributed by atoms with Crippen LogP contribution >= 0.6 is 0 Å². The van der Waals surface area contributed by atoms with Crippen molar-refractivity contribution in [1.82, 2.24) is 5.32 Å². The first-order chi connectivity index (χ1) is 8.70. The minimum Gasteiger partial charge on any atom is -0.367 e. The maximum Gasteiger partial charge on any atom is 0.123 e. The van der Waals surface area contributed by atoms with Gasteiger partial charge in [-0.05, 0) is 44.2 Å². The van der Waals surface area contributed by atoms with Crippen molar-refractivity contribution in [1.29, 1.82) is 5.26 Å². The van der Waals surface area contributed by atoms with E-state index in [-0.39, 0.29) is 11.9 Å². The number of nitrogens with zero attached hydrogens (tertiary/aromatic N) is 2. The quantitative estimate of drug-likeness (QED) is 0.871. The van der Waals surface area contributed by atoms with E-state index in [1.165, 1.54) is 12.1 Å². The van der Waals surface area contributed by atoms with Gasteiger partial charge < -0.3 is 10.2 Å². The van der Waals surface area contributed by atoms with Crippen LogP contribution in [-0.4, -0.2) is 25.2 Å². The molecule has 96 valence electrons. The van der Waals surface area contributed by atoms with E-state index >= 15 is 0 Å². The summed E-state index contributed by atoms with van der Waals surface area (Å²) in [5.74, 6) is -0.215. The Kier molecular flexibility index (Phi) is 4.16. The summed E-state index contributed by atoms with van der Waals surface area (Å²) in [4.78, 5) is 2.25. The van der Waals surface area contributed by atoms with Crippen LogP contribution in [0.2, 0.25) is 0 Å². The first-order valence-electron chi connectivity index (χ1n) is 6.33. The molecule has 4 heteroatoms. The van der Waals surface area contributed by atoms with Gasteiger partial charge in [0.1, 0.15) is 5.82 Å².